The van der Waals surface area contributed by atoms with Crippen LogP contribution in [0.3, 0.4) is 0 Å². The molecule has 2 unspecified atom stereocenters. The normalized spacial score (nSPS) is 12.9. The maximum absolute atomic E-state index is 10.4. The molecule has 0 aliphatic carbocycles. The van der Waals surface area contributed by atoms with Gasteiger partial charge in [-0.3, -0.25) is 4.57 Å². The molecule has 0 spiro atoms. The van der Waals surface area contributed by atoms with Gasteiger partial charge >= 0.3 is 0 Å². The van der Waals surface area contributed by atoms with Gasteiger partial charge in [0.25, 0.3) is 0 Å². The third-order valence-electron chi connectivity index (χ3n) is 2.04. The number of aromatic nitrogens is 3. The molecule has 20 heavy (non-hydrogen) atoms. The molecule has 108 valence electrons. The van der Waals surface area contributed by atoms with Crippen molar-refractivity contribution in [2.75, 3.05) is 17.2 Å². The predicted molar refractivity (Wildman–Crippen MR) is 75.7 cm³/mol. The van der Waals surface area contributed by atoms with Crippen LogP contribution >= 0.6 is 8.03 Å². The third kappa shape index (κ3) is 5.19. The zero-order chi connectivity index (χ0) is 15.1. The van der Waals surface area contributed by atoms with E-state index >= 15 is 0 Å². The van der Waals surface area contributed by atoms with Crippen molar-refractivity contribution in [1.29, 1.82) is 0 Å². The van der Waals surface area contributed by atoms with Crippen LogP contribution in [0, 0.1) is 0 Å². The number of anilines is 3. The molecule has 2 aromatic rings. The van der Waals surface area contributed by atoms with Crippen molar-refractivity contribution < 1.29 is 14.6 Å². The molecule has 0 radical (unpaired) electrons. The van der Waals surface area contributed by atoms with Gasteiger partial charge in [-0.05, 0) is 5.56 Å². The molecule has 0 bridgehead atoms. The Balaban J connectivity index is 0.000000204. The monoisotopic (exact) mass is 298 g/mol. The second-order valence-corrected chi connectivity index (χ2v) is 4.78. The minimum atomic E-state index is -2.86. The van der Waals surface area contributed by atoms with Crippen LogP contribution in [0.25, 0.3) is 0 Å². The first-order chi connectivity index (χ1) is 9.40. The molecule has 0 aliphatic rings. The summed E-state index contributed by atoms with van der Waals surface area (Å²) in [6, 6.07) is 8.43. The van der Waals surface area contributed by atoms with Crippen molar-refractivity contribution in [3.63, 3.8) is 0 Å². The lowest BCUT2D eigenvalue weighted by atomic mass is 10.2. The average Bonchev–Trinajstić information content (AvgIpc) is 2.38. The zero-order valence-electron chi connectivity index (χ0n) is 10.3. The number of benzene rings is 1. The van der Waals surface area contributed by atoms with E-state index in [0.717, 1.165) is 0 Å². The van der Waals surface area contributed by atoms with Gasteiger partial charge in [0, 0.05) is 0 Å². The summed E-state index contributed by atoms with van der Waals surface area (Å²) in [5, 5.41) is 9.08. The molecule has 8 N–H and O–H groups in total. The lowest BCUT2D eigenvalue weighted by Crippen LogP contribution is -2.05. The fraction of sp³-hybridized carbons (Fsp3) is 0.100. The molecule has 2 atom stereocenters. The summed E-state index contributed by atoms with van der Waals surface area (Å²) in [5.41, 5.74) is 15.9. The smallest absolute Gasteiger partial charge is 0.226 e. The highest BCUT2D eigenvalue weighted by molar-refractivity contribution is 7.38. The Morgan fingerprint density at radius 3 is 1.70 bits per heavy atom. The molecule has 1 heterocycles. The van der Waals surface area contributed by atoms with E-state index < -0.39 is 13.9 Å². The molecule has 1 aromatic carbocycles. The minimum Gasteiger partial charge on any atom is -0.378 e. The fourth-order valence-corrected chi connectivity index (χ4v) is 1.68. The summed E-state index contributed by atoms with van der Waals surface area (Å²) in [7, 11) is -2.86. The van der Waals surface area contributed by atoms with Crippen molar-refractivity contribution in [2.45, 2.75) is 5.85 Å². The zero-order valence-corrected chi connectivity index (χ0v) is 11.3. The predicted octanol–water partition coefficient (Wildman–Crippen LogP) is -0.237. The molecular weight excluding hydrogens is 283 g/mol. The number of hydrogen-bond donors (Lipinski definition) is 5. The van der Waals surface area contributed by atoms with Crippen molar-refractivity contribution in [3.8, 4) is 0 Å². The molecular formula is C10H15N6O3P. The number of aliphatic hydroxyl groups excluding tert-OH is 1. The lowest BCUT2D eigenvalue weighted by Gasteiger charge is -2.04. The Labute approximate surface area is 115 Å². The summed E-state index contributed by atoms with van der Waals surface area (Å²) >= 11 is 0. The Hall–Kier alpha value is -2.22. The van der Waals surface area contributed by atoms with E-state index in [4.69, 9.17) is 27.2 Å². The molecule has 0 saturated carbocycles. The number of aliphatic hydroxyl groups is 1. The molecule has 0 saturated heterocycles. The van der Waals surface area contributed by atoms with Gasteiger partial charge in [-0.2, -0.15) is 15.0 Å². The highest BCUT2D eigenvalue weighted by Gasteiger charge is 2.10. The minimum absolute atomic E-state index is 0.0417. The summed E-state index contributed by atoms with van der Waals surface area (Å²) in [6.45, 7) is 0. The van der Waals surface area contributed by atoms with Crippen LogP contribution in [0.15, 0.2) is 30.3 Å². The van der Waals surface area contributed by atoms with E-state index in [-0.39, 0.29) is 17.8 Å². The van der Waals surface area contributed by atoms with Gasteiger partial charge in [-0.15, -0.1) is 0 Å². The van der Waals surface area contributed by atoms with E-state index in [1.54, 1.807) is 30.3 Å². The largest absolute Gasteiger partial charge is 0.378 e. The number of nitrogens with zero attached hydrogens (tertiary/aromatic N) is 3. The highest BCUT2D eigenvalue weighted by atomic mass is 31.1. The van der Waals surface area contributed by atoms with Gasteiger partial charge in [-0.1, -0.05) is 30.3 Å². The molecule has 0 amide bonds. The fourth-order valence-electron chi connectivity index (χ4n) is 1.20. The summed E-state index contributed by atoms with van der Waals surface area (Å²) < 4.78 is 10.4. The average molecular weight is 298 g/mol. The Kier molecular flexibility index (Phi) is 5.85. The highest BCUT2D eigenvalue weighted by Crippen LogP contribution is 2.34. The van der Waals surface area contributed by atoms with Crippen LogP contribution in [0.4, 0.5) is 17.8 Å². The van der Waals surface area contributed by atoms with Crippen LogP contribution in [-0.4, -0.2) is 25.0 Å². The van der Waals surface area contributed by atoms with E-state index in [9.17, 15) is 4.57 Å². The summed E-state index contributed by atoms with van der Waals surface area (Å²) in [6.07, 6.45) is 0. The second kappa shape index (κ2) is 7.39. The van der Waals surface area contributed by atoms with Gasteiger partial charge in [0.05, 0.1) is 0 Å². The van der Waals surface area contributed by atoms with Crippen LogP contribution in [0.1, 0.15) is 11.4 Å². The van der Waals surface area contributed by atoms with Gasteiger partial charge in [0.2, 0.25) is 25.9 Å². The molecule has 2 rings (SSSR count). The molecule has 0 fully saturated rings. The third-order valence-corrected chi connectivity index (χ3v) is 2.84. The summed E-state index contributed by atoms with van der Waals surface area (Å²) in [5.74, 6) is -1.10. The quantitative estimate of drug-likeness (QED) is 0.468. The van der Waals surface area contributed by atoms with E-state index in [2.05, 4.69) is 15.0 Å². The van der Waals surface area contributed by atoms with Crippen LogP contribution < -0.4 is 17.2 Å². The van der Waals surface area contributed by atoms with Crippen molar-refractivity contribution in [3.05, 3.63) is 35.9 Å². The number of hydrogen-bond acceptors (Lipinski definition) is 8. The van der Waals surface area contributed by atoms with Crippen LogP contribution in [0.5, 0.6) is 0 Å². The van der Waals surface area contributed by atoms with Crippen LogP contribution in [0.2, 0.25) is 0 Å². The van der Waals surface area contributed by atoms with Gasteiger partial charge < -0.3 is 27.2 Å². The Bertz CT molecular complexity index is 532. The second-order valence-electron chi connectivity index (χ2n) is 3.56. The Morgan fingerprint density at radius 2 is 1.35 bits per heavy atom. The SMILES string of the molecule is Nc1nc(N)nc(N)n1.O=[PH](O)C(O)c1ccccc1. The number of nitrogens with two attached hydrogens (primary N) is 3. The first kappa shape index (κ1) is 15.8. The standard InChI is InChI=1S/C7H9O3P.C3H6N6/c8-7(11(9)10)6-4-2-1-3-5-6;4-1-7-2(5)9-3(6)8-1/h1-5,7-8,11H,(H,9,10);(H6,4,5,6,7,8,9). The molecule has 10 heteroatoms. The first-order valence-electron chi connectivity index (χ1n) is 5.38. The van der Waals surface area contributed by atoms with E-state index in [1.165, 1.54) is 0 Å². The summed E-state index contributed by atoms with van der Waals surface area (Å²) in [4.78, 5) is 19.0. The van der Waals surface area contributed by atoms with Gasteiger partial charge in [0.15, 0.2) is 5.85 Å². The van der Waals surface area contributed by atoms with E-state index in [1.807, 2.05) is 0 Å². The molecule has 1 aromatic heterocycles. The van der Waals surface area contributed by atoms with Gasteiger partial charge in [-0.25, -0.2) is 0 Å². The maximum atomic E-state index is 10.4. The lowest BCUT2D eigenvalue weighted by molar-refractivity contribution is 0.243. The maximum Gasteiger partial charge on any atom is 0.226 e. The number of rotatable bonds is 2. The van der Waals surface area contributed by atoms with Crippen molar-refractivity contribution >= 4 is 25.9 Å². The van der Waals surface area contributed by atoms with Crippen molar-refractivity contribution in [2.24, 2.45) is 0 Å². The first-order valence-corrected chi connectivity index (χ1v) is 6.81. The Morgan fingerprint density at radius 1 is 0.950 bits per heavy atom. The molecule has 0 aliphatic heterocycles. The molecule has 9 nitrogen and oxygen atoms in total. The van der Waals surface area contributed by atoms with Crippen LogP contribution in [-0.2, 0) is 4.57 Å². The van der Waals surface area contributed by atoms with E-state index in [0.29, 0.717) is 5.56 Å². The topological polar surface area (TPSA) is 174 Å². The number of nitrogen functional groups attached to an aromatic ring is 3. The van der Waals surface area contributed by atoms with Crippen molar-refractivity contribution in [1.82, 2.24) is 15.0 Å². The van der Waals surface area contributed by atoms with Gasteiger partial charge in [0.1, 0.15) is 0 Å².